The maximum absolute atomic E-state index is 12.9. The Morgan fingerprint density at radius 3 is 2.79 bits per heavy atom. The molecule has 0 amide bonds. The second-order valence-electron chi connectivity index (χ2n) is 3.18. The van der Waals surface area contributed by atoms with Gasteiger partial charge >= 0.3 is 0 Å². The highest BCUT2D eigenvalue weighted by Gasteiger charge is 2.30. The first-order valence-corrected chi connectivity index (χ1v) is 4.11. The predicted octanol–water partition coefficient (Wildman–Crippen LogP) is 0.689. The van der Waals surface area contributed by atoms with Gasteiger partial charge in [0.15, 0.2) is 0 Å². The Morgan fingerprint density at radius 2 is 2.07 bits per heavy atom. The van der Waals surface area contributed by atoms with E-state index in [1.54, 1.807) is 0 Å². The van der Waals surface area contributed by atoms with Crippen LogP contribution in [0.15, 0.2) is 12.1 Å². The number of alkyl halides is 1. The highest BCUT2D eigenvalue weighted by Crippen LogP contribution is 2.37. The molecule has 3 N–H and O–H groups in total. The number of fused-ring (bicyclic) bond motifs is 1. The molecule has 1 aromatic carbocycles. The molecule has 1 aromatic rings. The molecule has 0 saturated carbocycles. The number of ether oxygens (including phenoxy) is 1. The van der Waals surface area contributed by atoms with Crippen molar-refractivity contribution in [2.24, 2.45) is 0 Å². The van der Waals surface area contributed by atoms with Gasteiger partial charge in [0.05, 0.1) is 0 Å². The second-order valence-corrected chi connectivity index (χ2v) is 3.18. The number of rotatable bonds is 0. The minimum absolute atomic E-state index is 0.0252. The van der Waals surface area contributed by atoms with Crippen LogP contribution >= 0.6 is 0 Å². The van der Waals surface area contributed by atoms with E-state index in [9.17, 15) is 9.50 Å². The summed E-state index contributed by atoms with van der Waals surface area (Å²) in [6.45, 7) is 0. The lowest BCUT2D eigenvalue weighted by atomic mass is 10.0. The lowest BCUT2D eigenvalue weighted by molar-refractivity contribution is -0.0584. The fraction of sp³-hybridized carbons (Fsp3) is 0.333. The van der Waals surface area contributed by atoms with Crippen LogP contribution in [0.4, 0.5) is 4.39 Å². The number of phenolic OH excluding ortho intramolecular Hbond substituents is 2. The van der Waals surface area contributed by atoms with E-state index in [2.05, 4.69) is 4.74 Å². The van der Waals surface area contributed by atoms with Gasteiger partial charge in [0.25, 0.3) is 6.36 Å². The molecule has 0 radical (unpaired) electrons. The number of aliphatic hydroxyl groups is 1. The summed E-state index contributed by atoms with van der Waals surface area (Å²) in [6.07, 6.45) is -3.12. The first-order chi connectivity index (χ1) is 6.58. The highest BCUT2D eigenvalue weighted by molar-refractivity contribution is 5.50. The van der Waals surface area contributed by atoms with Crippen molar-refractivity contribution in [3.8, 4) is 17.2 Å². The summed E-state index contributed by atoms with van der Waals surface area (Å²) in [5, 5.41) is 27.6. The monoisotopic (exact) mass is 200 g/mol. The van der Waals surface area contributed by atoms with Crippen LogP contribution in [0.25, 0.3) is 0 Å². The van der Waals surface area contributed by atoms with Crippen molar-refractivity contribution in [2.75, 3.05) is 0 Å². The van der Waals surface area contributed by atoms with Gasteiger partial charge in [-0.15, -0.1) is 0 Å². The smallest absolute Gasteiger partial charge is 0.264 e. The summed E-state index contributed by atoms with van der Waals surface area (Å²) in [5.41, 5.74) is 0.309. The van der Waals surface area contributed by atoms with Gasteiger partial charge in [-0.3, -0.25) is 0 Å². The van der Waals surface area contributed by atoms with Crippen molar-refractivity contribution in [2.45, 2.75) is 18.9 Å². The Bertz CT molecular complexity index is 366. The molecule has 0 bridgehead atoms. The van der Waals surface area contributed by atoms with Gasteiger partial charge in [-0.05, 0) is 0 Å². The van der Waals surface area contributed by atoms with Crippen molar-refractivity contribution < 1.29 is 24.4 Å². The molecule has 2 unspecified atom stereocenters. The maximum Gasteiger partial charge on any atom is 0.264 e. The minimum atomic E-state index is -1.82. The van der Waals surface area contributed by atoms with E-state index in [0.29, 0.717) is 5.56 Å². The normalized spacial score (nSPS) is 25.3. The van der Waals surface area contributed by atoms with Gasteiger partial charge in [0, 0.05) is 24.1 Å². The lowest BCUT2D eigenvalue weighted by Crippen LogP contribution is -2.33. The SMILES string of the molecule is Oc1cc(O)c2c(c1)OC(F)C(O)C2. The Kier molecular flexibility index (Phi) is 1.96. The molecule has 0 aliphatic carbocycles. The predicted molar refractivity (Wildman–Crippen MR) is 45.0 cm³/mol. The molecule has 0 spiro atoms. The zero-order valence-electron chi connectivity index (χ0n) is 7.14. The first kappa shape index (κ1) is 9.08. The van der Waals surface area contributed by atoms with Crippen LogP contribution in [0, 0.1) is 0 Å². The molecule has 14 heavy (non-hydrogen) atoms. The van der Waals surface area contributed by atoms with E-state index in [0.717, 1.165) is 6.07 Å². The first-order valence-electron chi connectivity index (χ1n) is 4.11. The number of phenols is 2. The van der Waals surface area contributed by atoms with Crippen molar-refractivity contribution in [1.82, 2.24) is 0 Å². The van der Waals surface area contributed by atoms with Crippen molar-refractivity contribution in [1.29, 1.82) is 0 Å². The second kappa shape index (κ2) is 3.02. The average Bonchev–Trinajstić information content (AvgIpc) is 2.08. The van der Waals surface area contributed by atoms with E-state index < -0.39 is 12.5 Å². The molecular weight excluding hydrogens is 191 g/mol. The summed E-state index contributed by atoms with van der Waals surface area (Å²) in [7, 11) is 0. The lowest BCUT2D eigenvalue weighted by Gasteiger charge is -2.25. The summed E-state index contributed by atoms with van der Waals surface area (Å²) >= 11 is 0. The number of hydrogen-bond donors (Lipinski definition) is 3. The van der Waals surface area contributed by atoms with Crippen LogP contribution < -0.4 is 4.74 Å². The molecule has 1 aliphatic rings. The van der Waals surface area contributed by atoms with Gasteiger partial charge < -0.3 is 20.1 Å². The van der Waals surface area contributed by atoms with Crippen LogP contribution in [0.2, 0.25) is 0 Å². The topological polar surface area (TPSA) is 69.9 Å². The molecule has 1 aliphatic heterocycles. The highest BCUT2D eigenvalue weighted by atomic mass is 19.1. The van der Waals surface area contributed by atoms with E-state index >= 15 is 0 Å². The van der Waals surface area contributed by atoms with Crippen molar-refractivity contribution in [3.63, 3.8) is 0 Å². The molecule has 4 nitrogen and oxygen atoms in total. The van der Waals surface area contributed by atoms with Crippen LogP contribution in [-0.4, -0.2) is 27.8 Å². The third kappa shape index (κ3) is 1.35. The van der Waals surface area contributed by atoms with Gasteiger partial charge in [-0.1, -0.05) is 0 Å². The van der Waals surface area contributed by atoms with Crippen molar-refractivity contribution in [3.05, 3.63) is 17.7 Å². The molecular formula is C9H9FO4. The molecule has 1 heterocycles. The molecule has 0 saturated heterocycles. The fourth-order valence-electron chi connectivity index (χ4n) is 1.43. The van der Waals surface area contributed by atoms with Crippen molar-refractivity contribution >= 4 is 0 Å². The third-order valence-electron chi connectivity index (χ3n) is 2.13. The Hall–Kier alpha value is -1.49. The summed E-state index contributed by atoms with van der Waals surface area (Å²) < 4.78 is 17.6. The third-order valence-corrected chi connectivity index (χ3v) is 2.13. The average molecular weight is 200 g/mol. The minimum Gasteiger partial charge on any atom is -0.508 e. The standard InChI is InChI=1S/C9H9FO4/c10-9-7(13)3-5-6(12)1-4(11)2-8(5)14-9/h1-2,7,9,11-13H,3H2. The number of hydrogen-bond acceptors (Lipinski definition) is 4. The van der Waals surface area contributed by atoms with Gasteiger partial charge in [0.1, 0.15) is 23.4 Å². The number of halogens is 1. The fourth-order valence-corrected chi connectivity index (χ4v) is 1.43. The number of aliphatic hydroxyl groups excluding tert-OH is 1. The zero-order chi connectivity index (χ0) is 10.3. The van der Waals surface area contributed by atoms with Crippen LogP contribution in [0.3, 0.4) is 0 Å². The maximum atomic E-state index is 12.9. The molecule has 2 atom stereocenters. The quantitative estimate of drug-likeness (QED) is 0.576. The molecule has 0 aromatic heterocycles. The van der Waals surface area contributed by atoms with Gasteiger partial charge in [0.2, 0.25) is 0 Å². The van der Waals surface area contributed by atoms with E-state index in [-0.39, 0.29) is 23.7 Å². The Balaban J connectivity index is 2.46. The Labute approximate surface area is 79.2 Å². The number of benzene rings is 1. The van der Waals surface area contributed by atoms with Gasteiger partial charge in [-0.2, -0.15) is 4.39 Å². The van der Waals surface area contributed by atoms with Crippen LogP contribution in [-0.2, 0) is 6.42 Å². The van der Waals surface area contributed by atoms with Gasteiger partial charge in [-0.25, -0.2) is 0 Å². The Morgan fingerprint density at radius 1 is 1.36 bits per heavy atom. The van der Waals surface area contributed by atoms with E-state index in [4.69, 9.17) is 10.2 Å². The van der Waals surface area contributed by atoms with Crippen LogP contribution in [0.1, 0.15) is 5.56 Å². The summed E-state index contributed by atoms with van der Waals surface area (Å²) in [6, 6.07) is 2.32. The molecule has 2 rings (SSSR count). The summed E-state index contributed by atoms with van der Waals surface area (Å²) in [4.78, 5) is 0. The number of aromatic hydroxyl groups is 2. The molecule has 5 heteroatoms. The molecule has 76 valence electrons. The zero-order valence-corrected chi connectivity index (χ0v) is 7.14. The van der Waals surface area contributed by atoms with E-state index in [1.165, 1.54) is 6.07 Å². The van der Waals surface area contributed by atoms with E-state index in [1.807, 2.05) is 0 Å². The largest absolute Gasteiger partial charge is 0.508 e. The summed E-state index contributed by atoms with van der Waals surface area (Å²) in [5.74, 6) is -0.337. The molecule has 0 fully saturated rings. The van der Waals surface area contributed by atoms with Crippen LogP contribution in [0.5, 0.6) is 17.2 Å².